The van der Waals surface area contributed by atoms with Gasteiger partial charge in [-0.3, -0.25) is 19.8 Å². The van der Waals surface area contributed by atoms with Crippen LogP contribution in [0.3, 0.4) is 0 Å². The molecule has 0 aliphatic rings. The van der Waals surface area contributed by atoms with Crippen LogP contribution in [-0.2, 0) is 16.0 Å². The number of carbonyl (C=O) groups is 2. The average Bonchev–Trinajstić information content (AvgIpc) is 2.62. The number of nitrogens with zero attached hydrogens (tertiary/aromatic N) is 1. The lowest BCUT2D eigenvalue weighted by Crippen LogP contribution is -2.44. The second kappa shape index (κ2) is 11.9. The van der Waals surface area contributed by atoms with E-state index in [0.717, 1.165) is 12.8 Å². The molecule has 25 heavy (non-hydrogen) atoms. The maximum Gasteiger partial charge on any atom is 0.265 e. The second-order valence-electron chi connectivity index (χ2n) is 5.65. The van der Waals surface area contributed by atoms with Gasteiger partial charge < -0.3 is 16.4 Å². The van der Waals surface area contributed by atoms with Crippen molar-refractivity contribution in [1.82, 2.24) is 16.1 Å². The highest BCUT2D eigenvalue weighted by atomic mass is 16.5. The predicted molar refractivity (Wildman–Crippen MR) is 96.0 cm³/mol. The van der Waals surface area contributed by atoms with E-state index in [1.165, 1.54) is 18.0 Å². The molecule has 1 rings (SSSR count). The molecule has 1 aromatic carbocycles. The predicted octanol–water partition coefficient (Wildman–Crippen LogP) is 0.314. The highest BCUT2D eigenvalue weighted by Gasteiger charge is 2.13. The standard InChI is InChI=1S/C17H27N5O3/c1-13(16(24)22-25)21-15(23)10-6-12-20-17(18)19-11-5-9-14-7-3-2-4-8-14/h2-4,7-8,13,25H,5-6,9-12H2,1H3,(H,21,23)(H,22,24)(H3,18,19,20). The van der Waals surface area contributed by atoms with Crippen LogP contribution < -0.4 is 21.8 Å². The van der Waals surface area contributed by atoms with Crippen molar-refractivity contribution in [3.8, 4) is 0 Å². The Hall–Kier alpha value is -2.61. The lowest BCUT2D eigenvalue weighted by molar-refractivity contribution is -0.134. The van der Waals surface area contributed by atoms with Gasteiger partial charge in [-0.05, 0) is 31.7 Å². The van der Waals surface area contributed by atoms with E-state index in [1.54, 1.807) is 0 Å². The summed E-state index contributed by atoms with van der Waals surface area (Å²) in [4.78, 5) is 26.9. The summed E-state index contributed by atoms with van der Waals surface area (Å²) in [5.41, 5.74) is 8.53. The lowest BCUT2D eigenvalue weighted by Gasteiger charge is -2.11. The number of aryl methyl sites for hydroxylation is 1. The van der Waals surface area contributed by atoms with E-state index >= 15 is 0 Å². The smallest absolute Gasteiger partial charge is 0.265 e. The van der Waals surface area contributed by atoms with Gasteiger partial charge in [0, 0.05) is 19.5 Å². The molecule has 1 unspecified atom stereocenters. The lowest BCUT2D eigenvalue weighted by atomic mass is 10.1. The van der Waals surface area contributed by atoms with Crippen LogP contribution >= 0.6 is 0 Å². The average molecular weight is 349 g/mol. The third kappa shape index (κ3) is 9.31. The Bertz CT molecular complexity index is 563. The number of benzene rings is 1. The fourth-order valence-electron chi connectivity index (χ4n) is 2.12. The van der Waals surface area contributed by atoms with Gasteiger partial charge in [0.1, 0.15) is 6.04 Å². The molecular formula is C17H27N5O3. The molecule has 0 spiro atoms. The third-order valence-electron chi connectivity index (χ3n) is 3.52. The molecule has 0 radical (unpaired) electrons. The highest BCUT2D eigenvalue weighted by molar-refractivity contribution is 5.86. The molecule has 0 aromatic heterocycles. The normalized spacial score (nSPS) is 12.3. The Labute approximate surface area is 147 Å². The number of hydroxylamine groups is 1. The third-order valence-corrected chi connectivity index (χ3v) is 3.52. The van der Waals surface area contributed by atoms with Crippen LogP contribution in [0.5, 0.6) is 0 Å². The molecule has 0 bridgehead atoms. The molecule has 1 atom stereocenters. The first-order valence-electron chi connectivity index (χ1n) is 8.34. The zero-order valence-corrected chi connectivity index (χ0v) is 14.5. The van der Waals surface area contributed by atoms with Crippen LogP contribution in [-0.4, -0.2) is 42.1 Å². The topological polar surface area (TPSA) is 129 Å². The second-order valence-corrected chi connectivity index (χ2v) is 5.65. The number of aliphatic imine (C=N–C) groups is 1. The molecule has 1 aromatic rings. The minimum atomic E-state index is -0.776. The first kappa shape index (κ1) is 20.4. The number of hydrogen-bond acceptors (Lipinski definition) is 4. The van der Waals surface area contributed by atoms with Crippen molar-refractivity contribution in [2.45, 2.75) is 38.6 Å². The van der Waals surface area contributed by atoms with Crippen LogP contribution in [0.2, 0.25) is 0 Å². The zero-order valence-electron chi connectivity index (χ0n) is 14.5. The molecule has 8 nitrogen and oxygen atoms in total. The SMILES string of the molecule is CC(NC(=O)CCCNC(N)=NCCCc1ccccc1)C(=O)NO. The summed E-state index contributed by atoms with van der Waals surface area (Å²) in [5, 5.41) is 13.9. The van der Waals surface area contributed by atoms with Gasteiger partial charge in [0.25, 0.3) is 5.91 Å². The van der Waals surface area contributed by atoms with Crippen molar-refractivity contribution < 1.29 is 14.8 Å². The summed E-state index contributed by atoms with van der Waals surface area (Å²) in [5.74, 6) is -0.559. The summed E-state index contributed by atoms with van der Waals surface area (Å²) >= 11 is 0. The van der Waals surface area contributed by atoms with Gasteiger partial charge >= 0.3 is 0 Å². The van der Waals surface area contributed by atoms with E-state index in [-0.39, 0.29) is 12.3 Å². The van der Waals surface area contributed by atoms with Gasteiger partial charge in [-0.2, -0.15) is 0 Å². The largest absolute Gasteiger partial charge is 0.370 e. The molecule has 0 aliphatic carbocycles. The Morgan fingerprint density at radius 2 is 1.96 bits per heavy atom. The van der Waals surface area contributed by atoms with Gasteiger partial charge in [-0.1, -0.05) is 30.3 Å². The van der Waals surface area contributed by atoms with E-state index in [2.05, 4.69) is 27.8 Å². The van der Waals surface area contributed by atoms with Gasteiger partial charge in [0.2, 0.25) is 5.91 Å². The van der Waals surface area contributed by atoms with Crippen molar-refractivity contribution in [2.24, 2.45) is 10.7 Å². The molecule has 0 fully saturated rings. The minimum absolute atomic E-state index is 0.247. The van der Waals surface area contributed by atoms with E-state index in [0.29, 0.717) is 25.5 Å². The van der Waals surface area contributed by atoms with Gasteiger partial charge in [-0.25, -0.2) is 5.48 Å². The monoisotopic (exact) mass is 349 g/mol. The first-order chi connectivity index (χ1) is 12.0. The Morgan fingerprint density at radius 3 is 2.64 bits per heavy atom. The van der Waals surface area contributed by atoms with Crippen molar-refractivity contribution in [2.75, 3.05) is 13.1 Å². The zero-order chi connectivity index (χ0) is 18.5. The number of rotatable bonds is 10. The van der Waals surface area contributed by atoms with Crippen molar-refractivity contribution in [3.63, 3.8) is 0 Å². The molecule has 0 heterocycles. The summed E-state index contributed by atoms with van der Waals surface area (Å²) in [6, 6.07) is 9.42. The molecular weight excluding hydrogens is 322 g/mol. The number of guanidine groups is 1. The number of nitrogens with two attached hydrogens (primary N) is 1. The summed E-state index contributed by atoms with van der Waals surface area (Å²) in [6.07, 6.45) is 2.67. The van der Waals surface area contributed by atoms with Crippen LogP contribution in [0.1, 0.15) is 31.7 Å². The number of hydrogen-bond donors (Lipinski definition) is 5. The van der Waals surface area contributed by atoms with Crippen molar-refractivity contribution in [1.29, 1.82) is 0 Å². The Balaban J connectivity index is 2.10. The van der Waals surface area contributed by atoms with Crippen LogP contribution in [0, 0.1) is 0 Å². The maximum atomic E-state index is 11.6. The number of nitrogens with one attached hydrogen (secondary N) is 3. The maximum absolute atomic E-state index is 11.6. The van der Waals surface area contributed by atoms with E-state index < -0.39 is 11.9 Å². The molecule has 0 aliphatic heterocycles. The molecule has 138 valence electrons. The fourth-order valence-corrected chi connectivity index (χ4v) is 2.12. The van der Waals surface area contributed by atoms with Crippen LogP contribution in [0.4, 0.5) is 0 Å². The van der Waals surface area contributed by atoms with Crippen molar-refractivity contribution >= 4 is 17.8 Å². The quantitative estimate of drug-likeness (QED) is 0.137. The molecule has 8 heteroatoms. The van der Waals surface area contributed by atoms with E-state index in [1.807, 2.05) is 18.2 Å². The van der Waals surface area contributed by atoms with Gasteiger partial charge in [0.05, 0.1) is 0 Å². The Morgan fingerprint density at radius 1 is 1.24 bits per heavy atom. The van der Waals surface area contributed by atoms with Crippen molar-refractivity contribution in [3.05, 3.63) is 35.9 Å². The molecule has 0 saturated heterocycles. The minimum Gasteiger partial charge on any atom is -0.370 e. The molecule has 0 saturated carbocycles. The van der Waals surface area contributed by atoms with E-state index in [9.17, 15) is 9.59 Å². The first-order valence-corrected chi connectivity index (χ1v) is 8.34. The van der Waals surface area contributed by atoms with Gasteiger partial charge in [-0.15, -0.1) is 0 Å². The molecule has 2 amide bonds. The number of carbonyl (C=O) groups excluding carboxylic acids is 2. The summed E-state index contributed by atoms with van der Waals surface area (Å²) in [6.45, 7) is 2.64. The Kier molecular flexibility index (Phi) is 9.69. The summed E-state index contributed by atoms with van der Waals surface area (Å²) < 4.78 is 0. The van der Waals surface area contributed by atoms with Crippen LogP contribution in [0.15, 0.2) is 35.3 Å². The highest BCUT2D eigenvalue weighted by Crippen LogP contribution is 2.02. The fraction of sp³-hybridized carbons (Fsp3) is 0.471. The number of amides is 2. The van der Waals surface area contributed by atoms with Gasteiger partial charge in [0.15, 0.2) is 5.96 Å². The van der Waals surface area contributed by atoms with Crippen LogP contribution in [0.25, 0.3) is 0 Å². The molecule has 6 N–H and O–H groups in total. The summed E-state index contributed by atoms with van der Waals surface area (Å²) in [7, 11) is 0. The van der Waals surface area contributed by atoms with E-state index in [4.69, 9.17) is 10.9 Å².